The number of amides is 2. The Kier molecular flexibility index (Phi) is 21.9. The molecular weight excluding hydrogens is 620 g/mol. The number of methoxy groups -OCH3 is 2. The largest absolute Gasteiger partial charge is 0.454 e. The summed E-state index contributed by atoms with van der Waals surface area (Å²) >= 11 is 0. The van der Waals surface area contributed by atoms with Crippen molar-refractivity contribution < 1.29 is 33.7 Å². The molecule has 0 radical (unpaired) electrons. The number of carbonyl (C=O) groups excluding carboxylic acids is 3. The Morgan fingerprint density at radius 1 is 1.04 bits per heavy atom. The summed E-state index contributed by atoms with van der Waals surface area (Å²) in [5.74, 6) is -1.07. The maximum absolute atomic E-state index is 13.3. The molecule has 9 nitrogen and oxygen atoms in total. The zero-order valence-electron chi connectivity index (χ0n) is 30.6. The molecule has 2 amide bonds. The minimum atomic E-state index is -1.01. The molecule has 0 aromatic carbocycles. The van der Waals surface area contributed by atoms with Gasteiger partial charge in [-0.1, -0.05) is 110 Å². The van der Waals surface area contributed by atoms with Gasteiger partial charge in [0.25, 0.3) is 0 Å². The van der Waals surface area contributed by atoms with Gasteiger partial charge in [-0.2, -0.15) is 0 Å². The van der Waals surface area contributed by atoms with Gasteiger partial charge in [0.05, 0.1) is 18.8 Å². The fraction of sp³-hybridized carbons (Fsp3) is 0.475. The van der Waals surface area contributed by atoms with E-state index in [1.807, 2.05) is 76.3 Å². The summed E-state index contributed by atoms with van der Waals surface area (Å²) in [6.45, 7) is 11.5. The first-order chi connectivity index (χ1) is 23.4. The molecule has 0 spiro atoms. The summed E-state index contributed by atoms with van der Waals surface area (Å²) in [4.78, 5) is 36.0. The molecule has 1 aliphatic heterocycles. The van der Waals surface area contributed by atoms with Crippen molar-refractivity contribution in [2.45, 2.75) is 85.2 Å². The third-order valence-electron chi connectivity index (χ3n) is 7.89. The van der Waals surface area contributed by atoms with Gasteiger partial charge in [-0.05, 0) is 58.4 Å². The molecule has 0 aromatic heterocycles. The molecule has 3 N–H and O–H groups in total. The second-order valence-electron chi connectivity index (χ2n) is 12.2. The van der Waals surface area contributed by atoms with Crippen molar-refractivity contribution >= 4 is 18.3 Å². The third kappa shape index (κ3) is 18.3. The lowest BCUT2D eigenvalue weighted by Gasteiger charge is -2.23. The molecule has 0 fully saturated rings. The first-order valence-electron chi connectivity index (χ1n) is 16.9. The van der Waals surface area contributed by atoms with E-state index in [1.165, 1.54) is 5.57 Å². The van der Waals surface area contributed by atoms with Crippen LogP contribution in [0.25, 0.3) is 0 Å². The molecule has 0 bridgehead atoms. The number of nitrogens with one attached hydrogen (secondary N) is 2. The zero-order chi connectivity index (χ0) is 36.6. The van der Waals surface area contributed by atoms with Crippen LogP contribution in [0.2, 0.25) is 0 Å². The van der Waals surface area contributed by atoms with E-state index in [1.54, 1.807) is 33.3 Å². The van der Waals surface area contributed by atoms with Gasteiger partial charge >= 0.3 is 5.97 Å². The SMILES string of the molecule is CO[C@@H]1/C=C(C)/C=C/[C@@H](C)/C=C(\C)C(=O)O[C@H](/C(C)=C/C=C/CNC(=O)[C@H](CO)NC=O)[C@@H](C)/C=C/C=C/[C@@H](OC)CC/C=C(C)\C=C\C1. The highest BCUT2D eigenvalue weighted by Crippen LogP contribution is 2.21. The second-order valence-corrected chi connectivity index (χ2v) is 12.2. The number of aliphatic hydroxyl groups excluding tert-OH is 1. The Bertz CT molecular complexity index is 1320. The molecule has 49 heavy (non-hydrogen) atoms. The monoisotopic (exact) mass is 678 g/mol. The molecule has 0 saturated carbocycles. The highest BCUT2D eigenvalue weighted by molar-refractivity contribution is 5.88. The fourth-order valence-corrected chi connectivity index (χ4v) is 4.94. The van der Waals surface area contributed by atoms with Crippen LogP contribution in [0.4, 0.5) is 0 Å². The van der Waals surface area contributed by atoms with Crippen LogP contribution in [0.5, 0.6) is 0 Å². The summed E-state index contributed by atoms with van der Waals surface area (Å²) in [5.41, 5.74) is 3.59. The second kappa shape index (κ2) is 25.0. The van der Waals surface area contributed by atoms with Gasteiger partial charge in [0, 0.05) is 32.3 Å². The van der Waals surface area contributed by atoms with Crippen LogP contribution in [-0.4, -0.2) is 75.1 Å². The first kappa shape index (κ1) is 43.0. The Balaban J connectivity index is 3.32. The van der Waals surface area contributed by atoms with Gasteiger partial charge in [-0.15, -0.1) is 0 Å². The Labute approximate surface area is 293 Å². The van der Waals surface area contributed by atoms with Gasteiger partial charge < -0.3 is 30.0 Å². The number of aliphatic hydroxyl groups is 1. The average Bonchev–Trinajstić information content (AvgIpc) is 3.07. The van der Waals surface area contributed by atoms with Crippen LogP contribution < -0.4 is 10.6 Å². The standard InChI is InChI=1S/C40H58N2O7/c1-29-15-13-20-35(47-7)19-10-9-17-32(4)38(33(5)18-11-12-24-41-39(45)37(27-43)42-28-44)49-40(46)34(6)25-30(2)22-23-31(3)26-36(48-8)21-14-16-29/h9-12,14-19,22-23,25-26,28,30,32,35-38,43H,13,20-21,24,27H2,1-8H3,(H,41,45)(H,42,44)/b12-11+,16-14+,17-9+,19-10+,23-22+,29-15-,31-26+,33-18+,34-25+/t30-,32+,35-,36+,37+,38+/m1/s1. The maximum Gasteiger partial charge on any atom is 0.334 e. The number of allylic oxidation sites excluding steroid dienone is 11. The van der Waals surface area contributed by atoms with E-state index in [2.05, 4.69) is 41.9 Å². The third-order valence-corrected chi connectivity index (χ3v) is 7.89. The van der Waals surface area contributed by atoms with Gasteiger partial charge in [-0.25, -0.2) is 4.79 Å². The molecule has 270 valence electrons. The Morgan fingerprint density at radius 3 is 2.43 bits per heavy atom. The summed E-state index contributed by atoms with van der Waals surface area (Å²) in [6, 6.07) is -1.01. The number of carbonyl (C=O) groups is 3. The van der Waals surface area contributed by atoms with E-state index >= 15 is 0 Å². The van der Waals surface area contributed by atoms with Crippen molar-refractivity contribution in [1.82, 2.24) is 10.6 Å². The summed E-state index contributed by atoms with van der Waals surface area (Å²) in [7, 11) is 3.42. The average molecular weight is 679 g/mol. The summed E-state index contributed by atoms with van der Waals surface area (Å²) < 4.78 is 17.4. The molecule has 1 heterocycles. The van der Waals surface area contributed by atoms with Crippen molar-refractivity contribution in [2.75, 3.05) is 27.4 Å². The minimum Gasteiger partial charge on any atom is -0.454 e. The molecule has 0 saturated heterocycles. The normalized spacial score (nSPS) is 30.5. The number of esters is 1. The number of hydrogen-bond acceptors (Lipinski definition) is 7. The van der Waals surface area contributed by atoms with E-state index in [0.29, 0.717) is 12.0 Å². The van der Waals surface area contributed by atoms with Crippen LogP contribution in [0.1, 0.15) is 60.8 Å². The van der Waals surface area contributed by atoms with Crippen molar-refractivity contribution in [3.63, 3.8) is 0 Å². The molecular formula is C40H58N2O7. The molecule has 1 rings (SSSR count). The van der Waals surface area contributed by atoms with Crippen LogP contribution in [0, 0.1) is 11.8 Å². The van der Waals surface area contributed by atoms with Crippen molar-refractivity contribution in [2.24, 2.45) is 11.8 Å². The lowest BCUT2D eigenvalue weighted by Crippen LogP contribution is -2.46. The van der Waals surface area contributed by atoms with E-state index in [4.69, 9.17) is 14.2 Å². The van der Waals surface area contributed by atoms with Crippen LogP contribution in [-0.2, 0) is 28.6 Å². The van der Waals surface area contributed by atoms with E-state index in [9.17, 15) is 19.5 Å². The minimum absolute atomic E-state index is 0.00768. The number of ether oxygens (including phenoxy) is 3. The van der Waals surface area contributed by atoms with Crippen molar-refractivity contribution in [3.05, 3.63) is 107 Å². The smallest absolute Gasteiger partial charge is 0.334 e. The quantitative estimate of drug-likeness (QED) is 0.143. The molecule has 6 atom stereocenters. The first-order valence-corrected chi connectivity index (χ1v) is 16.9. The molecule has 0 unspecified atom stereocenters. The van der Waals surface area contributed by atoms with Gasteiger partial charge in [-0.3, -0.25) is 9.59 Å². The van der Waals surface area contributed by atoms with Crippen LogP contribution in [0.15, 0.2) is 107 Å². The molecule has 9 heteroatoms. The predicted octanol–water partition coefficient (Wildman–Crippen LogP) is 6.17. The van der Waals surface area contributed by atoms with Crippen molar-refractivity contribution in [3.8, 4) is 0 Å². The highest BCUT2D eigenvalue weighted by Gasteiger charge is 2.22. The van der Waals surface area contributed by atoms with Gasteiger partial charge in [0.15, 0.2) is 0 Å². The summed E-state index contributed by atoms with van der Waals surface area (Å²) in [5, 5.41) is 14.1. The van der Waals surface area contributed by atoms with Crippen molar-refractivity contribution in [1.29, 1.82) is 0 Å². The van der Waals surface area contributed by atoms with E-state index < -0.39 is 30.6 Å². The van der Waals surface area contributed by atoms with Crippen LogP contribution >= 0.6 is 0 Å². The topological polar surface area (TPSA) is 123 Å². The Hall–Kier alpha value is -4.05. The highest BCUT2D eigenvalue weighted by atomic mass is 16.5. The number of rotatable bonds is 10. The zero-order valence-corrected chi connectivity index (χ0v) is 30.6. The lowest BCUT2D eigenvalue weighted by molar-refractivity contribution is -0.144. The summed E-state index contributed by atoms with van der Waals surface area (Å²) in [6.07, 6.45) is 30.0. The van der Waals surface area contributed by atoms with E-state index in [0.717, 1.165) is 30.4 Å². The molecule has 0 aromatic rings. The molecule has 0 aliphatic carbocycles. The van der Waals surface area contributed by atoms with Gasteiger partial charge in [0.2, 0.25) is 12.3 Å². The number of hydrogen-bond donors (Lipinski definition) is 3. The van der Waals surface area contributed by atoms with Crippen LogP contribution in [0.3, 0.4) is 0 Å². The van der Waals surface area contributed by atoms with Gasteiger partial charge in [0.1, 0.15) is 12.1 Å². The molecule has 1 aliphatic rings. The fourth-order valence-electron chi connectivity index (χ4n) is 4.94. The lowest BCUT2D eigenvalue weighted by atomic mass is 9.96. The Morgan fingerprint density at radius 2 is 1.76 bits per heavy atom. The predicted molar refractivity (Wildman–Crippen MR) is 197 cm³/mol. The number of cyclic esters (lactones) is 1. The van der Waals surface area contributed by atoms with E-state index in [-0.39, 0.29) is 30.6 Å². The maximum atomic E-state index is 13.3.